The predicted octanol–water partition coefficient (Wildman–Crippen LogP) is 4.24. The first-order chi connectivity index (χ1) is 13.0. The van der Waals surface area contributed by atoms with Gasteiger partial charge in [0, 0.05) is 35.5 Å². The van der Waals surface area contributed by atoms with E-state index in [1.54, 1.807) is 41.9 Å². The van der Waals surface area contributed by atoms with E-state index in [1.165, 1.54) is 17.5 Å². The molecule has 8 heteroatoms. The van der Waals surface area contributed by atoms with E-state index in [1.807, 2.05) is 19.9 Å². The van der Waals surface area contributed by atoms with E-state index >= 15 is 0 Å². The van der Waals surface area contributed by atoms with Crippen molar-refractivity contribution >= 4 is 22.4 Å². The van der Waals surface area contributed by atoms with Crippen LogP contribution < -0.4 is 14.8 Å². The lowest BCUT2D eigenvalue weighted by atomic mass is 10.2. The van der Waals surface area contributed by atoms with Gasteiger partial charge < -0.3 is 9.47 Å². The van der Waals surface area contributed by atoms with Crippen molar-refractivity contribution in [2.24, 2.45) is 0 Å². The van der Waals surface area contributed by atoms with Crippen LogP contribution in [-0.2, 0) is 0 Å². The van der Waals surface area contributed by atoms with Gasteiger partial charge in [0.2, 0.25) is 5.88 Å². The maximum absolute atomic E-state index is 12.5. The zero-order chi connectivity index (χ0) is 19.2. The number of hydrogen-bond acceptors (Lipinski definition) is 7. The Bertz CT molecular complexity index is 964. The summed E-state index contributed by atoms with van der Waals surface area (Å²) in [6.45, 7) is 3.79. The first-order valence-electron chi connectivity index (χ1n) is 8.10. The van der Waals surface area contributed by atoms with E-state index in [9.17, 15) is 4.79 Å². The van der Waals surface area contributed by atoms with Crippen LogP contribution in [0.2, 0.25) is 0 Å². The molecule has 0 aliphatic heterocycles. The summed E-state index contributed by atoms with van der Waals surface area (Å²) in [5.74, 6) is 0.883. The lowest BCUT2D eigenvalue weighted by molar-refractivity contribution is 0.102. The van der Waals surface area contributed by atoms with E-state index < -0.39 is 0 Å². The number of nitriles is 1. The van der Waals surface area contributed by atoms with Crippen LogP contribution in [-0.4, -0.2) is 22.0 Å². The van der Waals surface area contributed by atoms with Gasteiger partial charge in [-0.3, -0.25) is 10.1 Å². The van der Waals surface area contributed by atoms with Gasteiger partial charge in [-0.15, -0.1) is 11.3 Å². The van der Waals surface area contributed by atoms with Crippen molar-refractivity contribution in [3.05, 3.63) is 59.2 Å². The maximum Gasteiger partial charge on any atom is 0.257 e. The number of ether oxygens (including phenoxy) is 2. The highest BCUT2D eigenvalue weighted by molar-refractivity contribution is 7.13. The van der Waals surface area contributed by atoms with Crippen molar-refractivity contribution < 1.29 is 14.3 Å². The van der Waals surface area contributed by atoms with Crippen LogP contribution >= 0.6 is 11.3 Å². The van der Waals surface area contributed by atoms with Crippen LogP contribution in [0.15, 0.2) is 48.1 Å². The lowest BCUT2D eigenvalue weighted by Crippen LogP contribution is -2.13. The number of nitrogens with one attached hydrogen (secondary N) is 1. The summed E-state index contributed by atoms with van der Waals surface area (Å²) in [4.78, 5) is 20.7. The maximum atomic E-state index is 12.5. The Labute approximate surface area is 160 Å². The lowest BCUT2D eigenvalue weighted by Gasteiger charge is -2.13. The molecule has 0 atom stereocenters. The number of rotatable bonds is 6. The second kappa shape index (κ2) is 8.29. The largest absolute Gasteiger partial charge is 0.491 e. The number of carbonyl (C=O) groups is 1. The molecule has 7 nitrogen and oxygen atoms in total. The molecule has 27 heavy (non-hydrogen) atoms. The van der Waals surface area contributed by atoms with Gasteiger partial charge in [-0.2, -0.15) is 5.26 Å². The van der Waals surface area contributed by atoms with Crippen molar-refractivity contribution in [3.63, 3.8) is 0 Å². The molecule has 1 aromatic carbocycles. The summed E-state index contributed by atoms with van der Waals surface area (Å²) in [6.07, 6.45) is 2.96. The molecule has 3 aromatic rings. The number of amides is 1. The number of benzene rings is 1. The molecule has 136 valence electrons. The minimum absolute atomic E-state index is 0.0665. The molecule has 0 aliphatic rings. The van der Waals surface area contributed by atoms with Gasteiger partial charge in [0.05, 0.1) is 11.7 Å². The second-order valence-electron chi connectivity index (χ2n) is 5.75. The highest BCUT2D eigenvalue weighted by atomic mass is 32.1. The molecule has 3 rings (SSSR count). The third-order valence-electron chi connectivity index (χ3n) is 3.25. The second-order valence-corrected chi connectivity index (χ2v) is 6.64. The standard InChI is InChI=1S/C19H16N4O3S/c1-12(2)25-15-7-14(18(24)23-19-21-5-6-27-19)8-16(9-15)26-17-4-3-13(10-20)11-22-17/h3-9,11-12H,1-2H3,(H,21,23,24). The van der Waals surface area contributed by atoms with Gasteiger partial charge in [-0.1, -0.05) is 0 Å². The molecule has 1 amide bonds. The minimum Gasteiger partial charge on any atom is -0.491 e. The Kier molecular flexibility index (Phi) is 5.64. The van der Waals surface area contributed by atoms with Crippen LogP contribution in [0.3, 0.4) is 0 Å². The zero-order valence-electron chi connectivity index (χ0n) is 14.7. The van der Waals surface area contributed by atoms with E-state index in [4.69, 9.17) is 14.7 Å². The molecule has 0 saturated carbocycles. The average Bonchev–Trinajstić information content (AvgIpc) is 3.14. The predicted molar refractivity (Wildman–Crippen MR) is 101 cm³/mol. The van der Waals surface area contributed by atoms with Crippen molar-refractivity contribution in [2.75, 3.05) is 5.32 Å². The fraction of sp³-hybridized carbons (Fsp3) is 0.158. The number of hydrogen-bond donors (Lipinski definition) is 1. The monoisotopic (exact) mass is 380 g/mol. The molecule has 2 aromatic heterocycles. The van der Waals surface area contributed by atoms with E-state index in [0.29, 0.717) is 33.6 Å². The van der Waals surface area contributed by atoms with Gasteiger partial charge >= 0.3 is 0 Å². The van der Waals surface area contributed by atoms with Crippen molar-refractivity contribution in [3.8, 4) is 23.4 Å². The fourth-order valence-corrected chi connectivity index (χ4v) is 2.71. The van der Waals surface area contributed by atoms with Gasteiger partial charge in [0.1, 0.15) is 17.6 Å². The molecule has 1 N–H and O–H groups in total. The topological polar surface area (TPSA) is 97.1 Å². The van der Waals surface area contributed by atoms with Crippen LogP contribution in [0, 0.1) is 11.3 Å². The number of anilines is 1. The number of thiazole rings is 1. The Hall–Kier alpha value is -3.44. The van der Waals surface area contributed by atoms with Crippen molar-refractivity contribution in [2.45, 2.75) is 20.0 Å². The van der Waals surface area contributed by atoms with E-state index in [2.05, 4.69) is 15.3 Å². The van der Waals surface area contributed by atoms with Crippen LogP contribution in [0.1, 0.15) is 29.8 Å². The molecule has 0 unspecified atom stereocenters. The summed E-state index contributed by atoms with van der Waals surface area (Å²) in [7, 11) is 0. The molecule has 0 saturated heterocycles. The minimum atomic E-state index is -0.322. The summed E-state index contributed by atoms with van der Waals surface area (Å²) >= 11 is 1.33. The highest BCUT2D eigenvalue weighted by Gasteiger charge is 2.13. The van der Waals surface area contributed by atoms with Crippen LogP contribution in [0.5, 0.6) is 17.4 Å². The Morgan fingerprint density at radius 2 is 2.04 bits per heavy atom. The zero-order valence-corrected chi connectivity index (χ0v) is 15.5. The summed E-state index contributed by atoms with van der Waals surface area (Å²) < 4.78 is 11.5. The molecule has 2 heterocycles. The summed E-state index contributed by atoms with van der Waals surface area (Å²) in [6, 6.07) is 10.1. The third kappa shape index (κ3) is 5.03. The Morgan fingerprint density at radius 1 is 1.22 bits per heavy atom. The highest BCUT2D eigenvalue weighted by Crippen LogP contribution is 2.28. The van der Waals surface area contributed by atoms with E-state index in [0.717, 1.165) is 0 Å². The molecule has 0 bridgehead atoms. The Morgan fingerprint density at radius 3 is 2.67 bits per heavy atom. The van der Waals surface area contributed by atoms with Gasteiger partial charge in [-0.05, 0) is 32.0 Å². The van der Waals surface area contributed by atoms with Gasteiger partial charge in [-0.25, -0.2) is 9.97 Å². The first-order valence-corrected chi connectivity index (χ1v) is 8.98. The first kappa shape index (κ1) is 18.4. The number of pyridine rings is 1. The quantitative estimate of drug-likeness (QED) is 0.687. The van der Waals surface area contributed by atoms with Crippen LogP contribution in [0.4, 0.5) is 5.13 Å². The number of nitrogens with zero attached hydrogens (tertiary/aromatic N) is 3. The summed E-state index contributed by atoms with van der Waals surface area (Å²) in [5.41, 5.74) is 0.801. The average molecular weight is 380 g/mol. The van der Waals surface area contributed by atoms with Gasteiger partial charge in [0.25, 0.3) is 5.91 Å². The molecule has 0 spiro atoms. The van der Waals surface area contributed by atoms with Crippen LogP contribution in [0.25, 0.3) is 0 Å². The smallest absolute Gasteiger partial charge is 0.257 e. The number of carbonyl (C=O) groups excluding carboxylic acids is 1. The molecular formula is C19H16N4O3S. The van der Waals surface area contributed by atoms with Gasteiger partial charge in [0.15, 0.2) is 5.13 Å². The van der Waals surface area contributed by atoms with E-state index in [-0.39, 0.29) is 12.0 Å². The summed E-state index contributed by atoms with van der Waals surface area (Å²) in [5, 5.41) is 13.9. The normalized spacial score (nSPS) is 10.3. The fourth-order valence-electron chi connectivity index (χ4n) is 2.18. The number of aromatic nitrogens is 2. The SMILES string of the molecule is CC(C)Oc1cc(Oc2ccc(C#N)cn2)cc(C(=O)Nc2nccs2)c1. The van der Waals surface area contributed by atoms with Crippen molar-refractivity contribution in [1.29, 1.82) is 5.26 Å². The Balaban J connectivity index is 1.87. The molecule has 0 fully saturated rings. The molecule has 0 radical (unpaired) electrons. The van der Waals surface area contributed by atoms with Crippen molar-refractivity contribution in [1.82, 2.24) is 9.97 Å². The third-order valence-corrected chi connectivity index (χ3v) is 3.94. The molecular weight excluding hydrogens is 364 g/mol. The molecule has 0 aliphatic carbocycles.